The number of aliphatic hydroxyl groups excluding tert-OH is 1. The first kappa shape index (κ1) is 11.6. The van der Waals surface area contributed by atoms with Gasteiger partial charge in [-0.2, -0.15) is 0 Å². The highest BCUT2D eigenvalue weighted by Crippen LogP contribution is 2.25. The molecule has 0 spiro atoms. The normalized spacial score (nSPS) is 27.6. The van der Waals surface area contributed by atoms with Crippen LogP contribution < -0.4 is 5.73 Å². The van der Waals surface area contributed by atoms with Crippen LogP contribution in [0, 0.1) is 0 Å². The molecule has 2 atom stereocenters. The molecule has 0 heterocycles. The molecule has 2 rings (SSSR count). The molecular formula is C13H13NO3. The number of aliphatic carboxylic acids is 1. The van der Waals surface area contributed by atoms with Gasteiger partial charge in [0.15, 0.2) is 5.54 Å². The summed E-state index contributed by atoms with van der Waals surface area (Å²) in [6.07, 6.45) is 3.17. The number of allylic oxidation sites excluding steroid dienone is 2. The third kappa shape index (κ3) is 2.00. The van der Waals surface area contributed by atoms with Crippen molar-refractivity contribution in [1.82, 2.24) is 0 Å². The number of nitrogens with two attached hydrogens (primary N) is 1. The zero-order valence-corrected chi connectivity index (χ0v) is 9.08. The molecule has 0 fully saturated rings. The first-order chi connectivity index (χ1) is 8.04. The molecule has 1 aliphatic rings. The van der Waals surface area contributed by atoms with E-state index in [4.69, 9.17) is 10.8 Å². The van der Waals surface area contributed by atoms with E-state index in [2.05, 4.69) is 0 Å². The maximum atomic E-state index is 11.0. The Kier molecular flexibility index (Phi) is 2.83. The maximum Gasteiger partial charge on any atom is 0.330 e. The first-order valence-corrected chi connectivity index (χ1v) is 5.21. The van der Waals surface area contributed by atoms with Crippen LogP contribution in [0.3, 0.4) is 0 Å². The van der Waals surface area contributed by atoms with Gasteiger partial charge in [-0.25, -0.2) is 4.79 Å². The number of carbonyl (C=O) groups is 1. The molecule has 0 aromatic heterocycles. The molecule has 1 aliphatic carbocycles. The van der Waals surface area contributed by atoms with E-state index in [0.29, 0.717) is 0 Å². The highest BCUT2D eigenvalue weighted by atomic mass is 16.4. The average molecular weight is 231 g/mol. The summed E-state index contributed by atoms with van der Waals surface area (Å²) >= 11 is 0. The van der Waals surface area contributed by atoms with Crippen LogP contribution in [0.1, 0.15) is 5.56 Å². The minimum atomic E-state index is -1.74. The second kappa shape index (κ2) is 4.16. The van der Waals surface area contributed by atoms with Gasteiger partial charge in [-0.15, -0.1) is 0 Å². The molecule has 1 aromatic carbocycles. The Balaban J connectivity index is 2.34. The van der Waals surface area contributed by atoms with Crippen LogP contribution in [0.4, 0.5) is 0 Å². The van der Waals surface area contributed by atoms with Gasteiger partial charge in [-0.05, 0) is 23.3 Å². The number of rotatable bonds is 2. The Morgan fingerprint density at radius 1 is 1.29 bits per heavy atom. The number of carboxylic acid groups (broad SMARTS) is 1. The van der Waals surface area contributed by atoms with Gasteiger partial charge in [0.25, 0.3) is 0 Å². The smallest absolute Gasteiger partial charge is 0.330 e. The van der Waals surface area contributed by atoms with Crippen LogP contribution in [0.25, 0.3) is 5.57 Å². The minimum Gasteiger partial charge on any atom is -0.480 e. The van der Waals surface area contributed by atoms with Crippen molar-refractivity contribution in [1.29, 1.82) is 0 Å². The Morgan fingerprint density at radius 3 is 2.47 bits per heavy atom. The topological polar surface area (TPSA) is 83.6 Å². The second-order valence-corrected chi connectivity index (χ2v) is 4.00. The van der Waals surface area contributed by atoms with E-state index in [1.807, 2.05) is 30.3 Å². The number of benzene rings is 1. The monoisotopic (exact) mass is 231 g/mol. The van der Waals surface area contributed by atoms with E-state index in [-0.39, 0.29) is 0 Å². The van der Waals surface area contributed by atoms with E-state index in [1.165, 1.54) is 12.2 Å². The molecule has 2 unspecified atom stereocenters. The van der Waals surface area contributed by atoms with Gasteiger partial charge in [0.05, 0.1) is 0 Å². The molecule has 0 bridgehead atoms. The van der Waals surface area contributed by atoms with Crippen molar-refractivity contribution in [2.45, 2.75) is 11.6 Å². The van der Waals surface area contributed by atoms with Crippen LogP contribution >= 0.6 is 0 Å². The molecule has 0 saturated heterocycles. The van der Waals surface area contributed by atoms with Crippen molar-refractivity contribution in [3.63, 3.8) is 0 Å². The lowest BCUT2D eigenvalue weighted by Crippen LogP contribution is -2.56. The standard InChI is InChI=1S/C13H13NO3/c14-13(12(16)17)7-6-10(8-11(13)15)9-4-2-1-3-5-9/h1-8,11,15H,14H2,(H,16,17). The summed E-state index contributed by atoms with van der Waals surface area (Å²) in [5, 5.41) is 18.8. The zero-order valence-electron chi connectivity index (χ0n) is 9.08. The van der Waals surface area contributed by atoms with Crippen LogP contribution in [-0.2, 0) is 4.79 Å². The van der Waals surface area contributed by atoms with Crippen molar-refractivity contribution in [3.8, 4) is 0 Å². The van der Waals surface area contributed by atoms with E-state index in [9.17, 15) is 9.90 Å². The summed E-state index contributed by atoms with van der Waals surface area (Å²) in [7, 11) is 0. The molecule has 4 N–H and O–H groups in total. The predicted octanol–water partition coefficient (Wildman–Crippen LogP) is 0.783. The molecule has 17 heavy (non-hydrogen) atoms. The minimum absolute atomic E-state index is 0.764. The number of carboxylic acids is 1. The SMILES string of the molecule is NC1(C(=O)O)C=CC(c2ccccc2)=CC1O. The lowest BCUT2D eigenvalue weighted by molar-refractivity contribution is -0.144. The molecule has 4 heteroatoms. The predicted molar refractivity (Wildman–Crippen MR) is 64.1 cm³/mol. The quantitative estimate of drug-likeness (QED) is 0.702. The van der Waals surface area contributed by atoms with Gasteiger partial charge >= 0.3 is 5.97 Å². The van der Waals surface area contributed by atoms with E-state index in [1.54, 1.807) is 6.08 Å². The molecule has 1 aromatic rings. The largest absolute Gasteiger partial charge is 0.480 e. The lowest BCUT2D eigenvalue weighted by atomic mass is 9.85. The van der Waals surface area contributed by atoms with Gasteiger partial charge in [0, 0.05) is 0 Å². The van der Waals surface area contributed by atoms with Crippen molar-refractivity contribution in [2.75, 3.05) is 0 Å². The molecule has 0 saturated carbocycles. The van der Waals surface area contributed by atoms with Gasteiger partial charge in [-0.1, -0.05) is 36.4 Å². The second-order valence-electron chi connectivity index (χ2n) is 4.00. The summed E-state index contributed by atoms with van der Waals surface area (Å²) in [6.45, 7) is 0. The fourth-order valence-corrected chi connectivity index (χ4v) is 1.71. The van der Waals surface area contributed by atoms with Gasteiger partial charge in [-0.3, -0.25) is 0 Å². The zero-order chi connectivity index (χ0) is 12.5. The summed E-state index contributed by atoms with van der Waals surface area (Å²) in [5.41, 5.74) is 5.54. The summed E-state index contributed by atoms with van der Waals surface area (Å²) < 4.78 is 0. The maximum absolute atomic E-state index is 11.0. The molecule has 88 valence electrons. The van der Waals surface area contributed by atoms with Gasteiger partial charge < -0.3 is 15.9 Å². The Morgan fingerprint density at radius 2 is 1.94 bits per heavy atom. The van der Waals surface area contributed by atoms with E-state index >= 15 is 0 Å². The Bertz CT molecular complexity index is 493. The average Bonchev–Trinajstić information content (AvgIpc) is 2.33. The van der Waals surface area contributed by atoms with E-state index in [0.717, 1.165) is 11.1 Å². The molecule has 4 nitrogen and oxygen atoms in total. The van der Waals surface area contributed by atoms with Crippen LogP contribution in [0.15, 0.2) is 48.6 Å². The number of hydrogen-bond donors (Lipinski definition) is 3. The van der Waals surface area contributed by atoms with Crippen molar-refractivity contribution < 1.29 is 15.0 Å². The highest BCUT2D eigenvalue weighted by molar-refractivity contribution is 5.87. The lowest BCUT2D eigenvalue weighted by Gasteiger charge is -2.28. The molecule has 0 amide bonds. The van der Waals surface area contributed by atoms with Gasteiger partial charge in [0.2, 0.25) is 0 Å². The molecular weight excluding hydrogens is 218 g/mol. The third-order valence-electron chi connectivity index (χ3n) is 2.84. The third-order valence-corrected chi connectivity index (χ3v) is 2.84. The molecule has 0 aliphatic heterocycles. The summed E-state index contributed by atoms with van der Waals surface area (Å²) in [6, 6.07) is 9.40. The van der Waals surface area contributed by atoms with Gasteiger partial charge in [0.1, 0.15) is 6.10 Å². The van der Waals surface area contributed by atoms with Crippen molar-refractivity contribution in [3.05, 3.63) is 54.1 Å². The number of aliphatic hydroxyl groups is 1. The molecule has 0 radical (unpaired) electrons. The Hall–Kier alpha value is -1.91. The Labute approximate surface area is 98.7 Å². The van der Waals surface area contributed by atoms with Crippen LogP contribution in [0.5, 0.6) is 0 Å². The highest BCUT2D eigenvalue weighted by Gasteiger charge is 2.40. The van der Waals surface area contributed by atoms with Crippen molar-refractivity contribution in [2.24, 2.45) is 5.73 Å². The fraction of sp³-hybridized carbons (Fsp3) is 0.154. The van der Waals surface area contributed by atoms with Crippen molar-refractivity contribution >= 4 is 11.5 Å². The first-order valence-electron chi connectivity index (χ1n) is 5.21. The fourth-order valence-electron chi connectivity index (χ4n) is 1.71. The summed E-state index contributed by atoms with van der Waals surface area (Å²) in [4.78, 5) is 11.0. The van der Waals surface area contributed by atoms with E-state index < -0.39 is 17.6 Å². The van der Waals surface area contributed by atoms with Crippen LogP contribution in [0.2, 0.25) is 0 Å². The number of hydrogen-bond acceptors (Lipinski definition) is 3. The van der Waals surface area contributed by atoms with Crippen LogP contribution in [-0.4, -0.2) is 27.8 Å². The summed E-state index contributed by atoms with van der Waals surface area (Å²) in [5.74, 6) is -1.25.